The molecule has 2 rings (SSSR count). The maximum absolute atomic E-state index is 13.5. The monoisotopic (exact) mass is 241 g/mol. The molecule has 0 spiro atoms. The SMILES string of the molecule is COc1c(F)ccc(C2CNCCO2)c1OC. The van der Waals surface area contributed by atoms with Gasteiger partial charge in [0.15, 0.2) is 17.3 Å². The third kappa shape index (κ3) is 2.35. The number of methoxy groups -OCH3 is 2. The fourth-order valence-corrected chi connectivity index (χ4v) is 1.97. The number of hydrogen-bond donors (Lipinski definition) is 1. The van der Waals surface area contributed by atoms with Gasteiger partial charge in [-0.05, 0) is 12.1 Å². The van der Waals surface area contributed by atoms with Crippen LogP contribution in [0.2, 0.25) is 0 Å². The van der Waals surface area contributed by atoms with Crippen LogP contribution in [0.1, 0.15) is 11.7 Å². The molecule has 1 N–H and O–H groups in total. The largest absolute Gasteiger partial charge is 0.492 e. The molecule has 0 bridgehead atoms. The molecule has 1 fully saturated rings. The zero-order valence-electron chi connectivity index (χ0n) is 9.96. The predicted octanol–water partition coefficient (Wildman–Crippen LogP) is 1.50. The number of morpholine rings is 1. The van der Waals surface area contributed by atoms with Crippen LogP contribution in [0.4, 0.5) is 4.39 Å². The lowest BCUT2D eigenvalue weighted by Crippen LogP contribution is -2.33. The Balaban J connectivity index is 2.38. The van der Waals surface area contributed by atoms with Crippen LogP contribution in [0.25, 0.3) is 0 Å². The van der Waals surface area contributed by atoms with Crippen LogP contribution < -0.4 is 14.8 Å². The normalized spacial score (nSPS) is 20.1. The van der Waals surface area contributed by atoms with Crippen LogP contribution in [-0.4, -0.2) is 33.9 Å². The number of nitrogens with one attached hydrogen (secondary N) is 1. The second-order valence-electron chi connectivity index (χ2n) is 3.77. The number of rotatable bonds is 3. The Labute approximate surface area is 99.7 Å². The number of ether oxygens (including phenoxy) is 3. The Kier molecular flexibility index (Phi) is 3.81. The molecule has 5 heteroatoms. The summed E-state index contributed by atoms with van der Waals surface area (Å²) < 4.78 is 29.4. The highest BCUT2D eigenvalue weighted by molar-refractivity contribution is 5.48. The lowest BCUT2D eigenvalue weighted by molar-refractivity contribution is 0.0260. The predicted molar refractivity (Wildman–Crippen MR) is 61.1 cm³/mol. The summed E-state index contributed by atoms with van der Waals surface area (Å²) in [6.07, 6.45) is -0.131. The van der Waals surface area contributed by atoms with Crippen molar-refractivity contribution >= 4 is 0 Å². The third-order valence-corrected chi connectivity index (χ3v) is 2.78. The second-order valence-corrected chi connectivity index (χ2v) is 3.77. The van der Waals surface area contributed by atoms with E-state index in [1.54, 1.807) is 6.07 Å². The lowest BCUT2D eigenvalue weighted by atomic mass is 10.1. The minimum absolute atomic E-state index is 0.124. The Bertz CT molecular complexity index is 392. The summed E-state index contributed by atoms with van der Waals surface area (Å²) in [5.74, 6) is 0.0947. The summed E-state index contributed by atoms with van der Waals surface area (Å²) in [4.78, 5) is 0. The molecule has 1 aliphatic rings. The van der Waals surface area contributed by atoms with Crippen molar-refractivity contribution in [2.75, 3.05) is 33.9 Å². The average molecular weight is 241 g/mol. The van der Waals surface area contributed by atoms with Crippen molar-refractivity contribution in [3.05, 3.63) is 23.5 Å². The highest BCUT2D eigenvalue weighted by Crippen LogP contribution is 2.38. The Morgan fingerprint density at radius 3 is 2.65 bits per heavy atom. The van der Waals surface area contributed by atoms with E-state index in [0.29, 0.717) is 18.9 Å². The molecular formula is C12H16FNO3. The number of hydrogen-bond acceptors (Lipinski definition) is 4. The molecule has 4 nitrogen and oxygen atoms in total. The zero-order valence-corrected chi connectivity index (χ0v) is 9.96. The summed E-state index contributed by atoms with van der Waals surface area (Å²) in [6.45, 7) is 2.15. The van der Waals surface area contributed by atoms with E-state index in [0.717, 1.165) is 12.1 Å². The topological polar surface area (TPSA) is 39.7 Å². The molecule has 1 unspecified atom stereocenters. The number of benzene rings is 1. The molecule has 1 aliphatic heterocycles. The molecule has 0 amide bonds. The Hall–Kier alpha value is -1.33. The average Bonchev–Trinajstić information content (AvgIpc) is 2.39. The van der Waals surface area contributed by atoms with Crippen LogP contribution in [0.3, 0.4) is 0 Å². The van der Waals surface area contributed by atoms with Crippen LogP contribution in [0.15, 0.2) is 12.1 Å². The standard InChI is InChI=1S/C12H16FNO3/c1-15-11-8(10-7-14-5-6-17-10)3-4-9(13)12(11)16-2/h3-4,10,14H,5-7H2,1-2H3. The highest BCUT2D eigenvalue weighted by Gasteiger charge is 2.23. The summed E-state index contributed by atoms with van der Waals surface area (Å²) in [5, 5.41) is 3.22. The summed E-state index contributed by atoms with van der Waals surface area (Å²) >= 11 is 0. The van der Waals surface area contributed by atoms with Crippen LogP contribution in [-0.2, 0) is 4.74 Å². The van der Waals surface area contributed by atoms with E-state index >= 15 is 0 Å². The first-order valence-electron chi connectivity index (χ1n) is 5.50. The van der Waals surface area contributed by atoms with E-state index in [2.05, 4.69) is 5.32 Å². The van der Waals surface area contributed by atoms with Crippen LogP contribution >= 0.6 is 0 Å². The van der Waals surface area contributed by atoms with Crippen molar-refractivity contribution < 1.29 is 18.6 Å². The van der Waals surface area contributed by atoms with Crippen molar-refractivity contribution in [2.45, 2.75) is 6.10 Å². The molecule has 1 saturated heterocycles. The maximum atomic E-state index is 13.5. The van der Waals surface area contributed by atoms with Gasteiger partial charge >= 0.3 is 0 Å². The molecular weight excluding hydrogens is 225 g/mol. The lowest BCUT2D eigenvalue weighted by Gasteiger charge is -2.26. The van der Waals surface area contributed by atoms with Crippen molar-refractivity contribution in [1.29, 1.82) is 0 Å². The van der Waals surface area contributed by atoms with E-state index in [9.17, 15) is 4.39 Å². The summed E-state index contributed by atoms with van der Waals surface area (Å²) in [5.41, 5.74) is 0.804. The fraction of sp³-hybridized carbons (Fsp3) is 0.500. The van der Waals surface area contributed by atoms with Gasteiger partial charge in [-0.25, -0.2) is 4.39 Å². The molecule has 0 aromatic heterocycles. The van der Waals surface area contributed by atoms with Crippen molar-refractivity contribution in [3.8, 4) is 11.5 Å². The smallest absolute Gasteiger partial charge is 0.197 e. The van der Waals surface area contributed by atoms with Crippen molar-refractivity contribution in [2.24, 2.45) is 0 Å². The molecule has 1 aromatic carbocycles. The van der Waals surface area contributed by atoms with Gasteiger partial charge in [-0.1, -0.05) is 0 Å². The van der Waals surface area contributed by atoms with Gasteiger partial charge in [0.2, 0.25) is 0 Å². The van der Waals surface area contributed by atoms with E-state index < -0.39 is 5.82 Å². The zero-order chi connectivity index (χ0) is 12.3. The van der Waals surface area contributed by atoms with Gasteiger partial charge < -0.3 is 19.5 Å². The molecule has 94 valence electrons. The third-order valence-electron chi connectivity index (χ3n) is 2.78. The van der Waals surface area contributed by atoms with Gasteiger partial charge in [-0.2, -0.15) is 0 Å². The Morgan fingerprint density at radius 1 is 1.29 bits per heavy atom. The fourth-order valence-electron chi connectivity index (χ4n) is 1.97. The van der Waals surface area contributed by atoms with Gasteiger partial charge in [0.05, 0.1) is 26.9 Å². The molecule has 0 aliphatic carbocycles. The molecule has 17 heavy (non-hydrogen) atoms. The van der Waals surface area contributed by atoms with E-state index in [1.165, 1.54) is 20.3 Å². The second kappa shape index (κ2) is 5.33. The molecule has 1 heterocycles. The number of halogens is 1. The maximum Gasteiger partial charge on any atom is 0.197 e. The van der Waals surface area contributed by atoms with Gasteiger partial charge in [-0.15, -0.1) is 0 Å². The van der Waals surface area contributed by atoms with Crippen LogP contribution in [0, 0.1) is 5.82 Å². The van der Waals surface area contributed by atoms with Crippen molar-refractivity contribution in [1.82, 2.24) is 5.32 Å². The van der Waals surface area contributed by atoms with Crippen LogP contribution in [0.5, 0.6) is 11.5 Å². The highest BCUT2D eigenvalue weighted by atomic mass is 19.1. The Morgan fingerprint density at radius 2 is 2.06 bits per heavy atom. The van der Waals surface area contributed by atoms with E-state index in [1.807, 2.05) is 0 Å². The summed E-state index contributed by atoms with van der Waals surface area (Å²) in [7, 11) is 2.92. The molecule has 0 radical (unpaired) electrons. The summed E-state index contributed by atoms with van der Waals surface area (Å²) in [6, 6.07) is 3.04. The first kappa shape index (κ1) is 12.1. The minimum Gasteiger partial charge on any atom is -0.492 e. The first-order chi connectivity index (χ1) is 8.27. The van der Waals surface area contributed by atoms with Gasteiger partial charge in [-0.3, -0.25) is 0 Å². The quantitative estimate of drug-likeness (QED) is 0.870. The molecule has 1 aromatic rings. The van der Waals surface area contributed by atoms with E-state index in [4.69, 9.17) is 14.2 Å². The molecule has 1 atom stereocenters. The van der Waals surface area contributed by atoms with E-state index in [-0.39, 0.29) is 11.9 Å². The molecule has 0 saturated carbocycles. The minimum atomic E-state index is -0.433. The van der Waals surface area contributed by atoms with Gasteiger partial charge in [0, 0.05) is 18.7 Å². The first-order valence-corrected chi connectivity index (χ1v) is 5.50. The van der Waals surface area contributed by atoms with Crippen molar-refractivity contribution in [3.63, 3.8) is 0 Å². The van der Waals surface area contributed by atoms with Gasteiger partial charge in [0.1, 0.15) is 0 Å². The van der Waals surface area contributed by atoms with Gasteiger partial charge in [0.25, 0.3) is 0 Å².